The maximum atomic E-state index is 12.7. The Morgan fingerprint density at radius 3 is 2.28 bits per heavy atom. The molecule has 0 saturated heterocycles. The quantitative estimate of drug-likeness (QED) is 0.490. The predicted octanol–water partition coefficient (Wildman–Crippen LogP) is 4.21. The van der Waals surface area contributed by atoms with Gasteiger partial charge in [0.25, 0.3) is 0 Å². The van der Waals surface area contributed by atoms with Crippen LogP contribution >= 0.6 is 15.9 Å². The Bertz CT molecular complexity index is 879. The van der Waals surface area contributed by atoms with Crippen LogP contribution in [0, 0.1) is 11.3 Å². The first-order valence-corrected chi connectivity index (χ1v) is 10.6. The highest BCUT2D eigenvalue weighted by Crippen LogP contribution is 2.58. The highest BCUT2D eigenvalue weighted by atomic mass is 79.9. The molecule has 3 rings (SSSR count). The zero-order valence-corrected chi connectivity index (χ0v) is 19.1. The number of hydrogen-bond donors (Lipinski definition) is 0. The van der Waals surface area contributed by atoms with E-state index >= 15 is 0 Å². The molecule has 0 aromatic heterocycles. The van der Waals surface area contributed by atoms with E-state index in [0.717, 1.165) is 36.8 Å². The van der Waals surface area contributed by atoms with Crippen LogP contribution in [-0.2, 0) is 30.8 Å². The van der Waals surface area contributed by atoms with E-state index in [1.54, 1.807) is 6.07 Å². The van der Waals surface area contributed by atoms with E-state index in [2.05, 4.69) is 22.9 Å². The fourth-order valence-electron chi connectivity index (χ4n) is 5.62. The van der Waals surface area contributed by atoms with Crippen LogP contribution in [0.1, 0.15) is 71.4 Å². The van der Waals surface area contributed by atoms with E-state index in [9.17, 15) is 14.4 Å². The number of carbonyl (C=O) groups is 3. The van der Waals surface area contributed by atoms with Gasteiger partial charge in [-0.3, -0.25) is 4.79 Å². The molecule has 29 heavy (non-hydrogen) atoms. The van der Waals surface area contributed by atoms with E-state index in [0.29, 0.717) is 10.9 Å². The first kappa shape index (κ1) is 21.8. The van der Waals surface area contributed by atoms with Crippen molar-refractivity contribution in [2.75, 3.05) is 21.3 Å². The molecule has 1 fully saturated rings. The average molecular weight is 467 g/mol. The minimum atomic E-state index is -0.592. The number of ether oxygens (including phenoxy) is 3. The van der Waals surface area contributed by atoms with Gasteiger partial charge in [0.15, 0.2) is 0 Å². The molecular formula is C22H27BrO6. The number of carbonyl (C=O) groups excluding carboxylic acids is 3. The summed E-state index contributed by atoms with van der Waals surface area (Å²) in [5.41, 5.74) is 1.44. The maximum absolute atomic E-state index is 12.7. The molecule has 158 valence electrons. The summed E-state index contributed by atoms with van der Waals surface area (Å²) in [6.45, 7) is 4.15. The topological polar surface area (TPSA) is 78.9 Å². The lowest BCUT2D eigenvalue weighted by atomic mass is 9.49. The number of rotatable bonds is 3. The van der Waals surface area contributed by atoms with E-state index in [1.165, 1.54) is 21.3 Å². The lowest BCUT2D eigenvalue weighted by molar-refractivity contribution is -0.161. The molecule has 0 aliphatic heterocycles. The van der Waals surface area contributed by atoms with Gasteiger partial charge in [-0.2, -0.15) is 0 Å². The van der Waals surface area contributed by atoms with Gasteiger partial charge >= 0.3 is 17.9 Å². The van der Waals surface area contributed by atoms with Crippen molar-refractivity contribution in [3.63, 3.8) is 0 Å². The molecule has 0 N–H and O–H groups in total. The van der Waals surface area contributed by atoms with Crippen LogP contribution in [-0.4, -0.2) is 39.2 Å². The molecule has 1 saturated carbocycles. The van der Waals surface area contributed by atoms with Crippen molar-refractivity contribution in [1.29, 1.82) is 0 Å². The molecule has 0 heterocycles. The van der Waals surface area contributed by atoms with Gasteiger partial charge in [0.2, 0.25) is 0 Å². The SMILES string of the molecule is COC(=O)c1cc2c(c(Br)c1C(=O)OC)CCC1[C@@](C)(C(=O)OC)CCC[C@]21C. The Kier molecular flexibility index (Phi) is 5.82. The maximum Gasteiger partial charge on any atom is 0.339 e. The van der Waals surface area contributed by atoms with Crippen molar-refractivity contribution in [3.05, 3.63) is 32.8 Å². The summed E-state index contributed by atoms with van der Waals surface area (Å²) in [6, 6.07) is 1.77. The molecule has 0 radical (unpaired) electrons. The number of benzene rings is 1. The molecule has 0 bridgehead atoms. The van der Waals surface area contributed by atoms with Crippen LogP contribution in [0.3, 0.4) is 0 Å². The predicted molar refractivity (Wildman–Crippen MR) is 110 cm³/mol. The van der Waals surface area contributed by atoms with Gasteiger partial charge in [0, 0.05) is 4.47 Å². The Morgan fingerprint density at radius 2 is 1.69 bits per heavy atom. The standard InChI is InChI=1S/C22H27BrO6/c1-21-9-6-10-22(2,20(26)29-5)15(21)8-7-12-14(21)11-13(18(24)27-3)16(17(12)23)19(25)28-4/h11,15H,6-10H2,1-5H3/t15?,21-,22+/m1/s1. The second kappa shape index (κ2) is 7.74. The van der Waals surface area contributed by atoms with Crippen LogP contribution in [0.2, 0.25) is 0 Å². The first-order valence-electron chi connectivity index (χ1n) is 9.76. The van der Waals surface area contributed by atoms with Crippen molar-refractivity contribution < 1.29 is 28.6 Å². The highest BCUT2D eigenvalue weighted by Gasteiger charge is 2.56. The average Bonchev–Trinajstić information content (AvgIpc) is 2.71. The van der Waals surface area contributed by atoms with E-state index in [1.807, 2.05) is 6.92 Å². The summed E-state index contributed by atoms with van der Waals surface area (Å²) in [6.07, 6.45) is 4.03. The third kappa shape index (κ3) is 3.18. The van der Waals surface area contributed by atoms with Crippen molar-refractivity contribution in [2.45, 2.75) is 51.4 Å². The van der Waals surface area contributed by atoms with Crippen molar-refractivity contribution in [3.8, 4) is 0 Å². The molecule has 1 unspecified atom stereocenters. The summed E-state index contributed by atoms with van der Waals surface area (Å²) in [4.78, 5) is 37.6. The lowest BCUT2D eigenvalue weighted by Gasteiger charge is -2.54. The summed E-state index contributed by atoms with van der Waals surface area (Å²) in [7, 11) is 4.01. The molecule has 1 aromatic carbocycles. The third-order valence-corrected chi connectivity index (χ3v) is 7.92. The van der Waals surface area contributed by atoms with Crippen molar-refractivity contribution in [2.24, 2.45) is 11.3 Å². The number of hydrogen-bond acceptors (Lipinski definition) is 6. The monoisotopic (exact) mass is 466 g/mol. The van der Waals surface area contributed by atoms with Gasteiger partial charge in [-0.25, -0.2) is 9.59 Å². The van der Waals surface area contributed by atoms with Gasteiger partial charge in [0.05, 0.1) is 37.9 Å². The first-order chi connectivity index (χ1) is 13.7. The van der Waals surface area contributed by atoms with Crippen LogP contribution < -0.4 is 0 Å². The molecule has 6 nitrogen and oxygen atoms in total. The number of esters is 3. The molecule has 7 heteroatoms. The van der Waals surface area contributed by atoms with Crippen LogP contribution in [0.15, 0.2) is 10.5 Å². The summed E-state index contributed by atoms with van der Waals surface area (Å²) >= 11 is 3.57. The molecule has 0 spiro atoms. The summed E-state index contributed by atoms with van der Waals surface area (Å²) in [5.74, 6) is -1.29. The fraction of sp³-hybridized carbons (Fsp3) is 0.591. The van der Waals surface area contributed by atoms with E-state index in [4.69, 9.17) is 14.2 Å². The lowest BCUT2D eigenvalue weighted by Crippen LogP contribution is -2.52. The fourth-order valence-corrected chi connectivity index (χ4v) is 6.40. The second-order valence-electron chi connectivity index (χ2n) is 8.39. The normalized spacial score (nSPS) is 28.0. The largest absolute Gasteiger partial charge is 0.469 e. The van der Waals surface area contributed by atoms with Gasteiger partial charge in [-0.05, 0) is 77.1 Å². The van der Waals surface area contributed by atoms with Gasteiger partial charge in [-0.15, -0.1) is 0 Å². The highest BCUT2D eigenvalue weighted by molar-refractivity contribution is 9.10. The van der Waals surface area contributed by atoms with Crippen LogP contribution in [0.25, 0.3) is 0 Å². The number of fused-ring (bicyclic) bond motifs is 3. The zero-order valence-electron chi connectivity index (χ0n) is 17.5. The Labute approximate surface area is 179 Å². The zero-order chi connectivity index (χ0) is 21.6. The second-order valence-corrected chi connectivity index (χ2v) is 9.19. The third-order valence-electron chi connectivity index (χ3n) is 7.04. The number of methoxy groups -OCH3 is 3. The van der Waals surface area contributed by atoms with Crippen molar-refractivity contribution >= 4 is 33.8 Å². The molecule has 1 aromatic rings. The summed E-state index contributed by atoms with van der Waals surface area (Å²) in [5, 5.41) is 0. The van der Waals surface area contributed by atoms with Crippen LogP contribution in [0.5, 0.6) is 0 Å². The molecule has 3 atom stereocenters. The van der Waals surface area contributed by atoms with Gasteiger partial charge < -0.3 is 14.2 Å². The minimum absolute atomic E-state index is 0.0741. The molecular weight excluding hydrogens is 440 g/mol. The Hall–Kier alpha value is -1.89. The summed E-state index contributed by atoms with van der Waals surface area (Å²) < 4.78 is 15.6. The van der Waals surface area contributed by atoms with E-state index < -0.39 is 17.4 Å². The Balaban J connectivity index is 2.25. The number of halogens is 1. The van der Waals surface area contributed by atoms with Gasteiger partial charge in [0.1, 0.15) is 0 Å². The molecule has 0 amide bonds. The molecule has 2 aliphatic carbocycles. The van der Waals surface area contributed by atoms with Crippen LogP contribution in [0.4, 0.5) is 0 Å². The van der Waals surface area contributed by atoms with Crippen molar-refractivity contribution in [1.82, 2.24) is 0 Å². The van der Waals surface area contributed by atoms with Gasteiger partial charge in [-0.1, -0.05) is 13.3 Å². The molecule has 2 aliphatic rings. The Morgan fingerprint density at radius 1 is 1.03 bits per heavy atom. The minimum Gasteiger partial charge on any atom is -0.469 e. The smallest absolute Gasteiger partial charge is 0.339 e. The van der Waals surface area contributed by atoms with E-state index in [-0.39, 0.29) is 28.4 Å².